The van der Waals surface area contributed by atoms with Gasteiger partial charge >= 0.3 is 0 Å². The zero-order valence-corrected chi connectivity index (χ0v) is 12.2. The molecule has 0 unspecified atom stereocenters. The fraction of sp³-hybridized carbons (Fsp3) is 0.636. The van der Waals surface area contributed by atoms with Gasteiger partial charge in [-0.3, -0.25) is 9.78 Å². The number of hydrogen-bond donors (Lipinski definition) is 1. The number of hydrogen-bond acceptors (Lipinski definition) is 3. The third kappa shape index (κ3) is 2.96. The van der Waals surface area contributed by atoms with Gasteiger partial charge in [0, 0.05) is 13.1 Å². The van der Waals surface area contributed by atoms with E-state index in [4.69, 9.17) is 0 Å². The van der Waals surface area contributed by atoms with Crippen LogP contribution < -0.4 is 10.5 Å². The standard InChI is InChI=1S/C11H18IN3O/c1-4-7-8-9(12)10(16)14-11(13-8)15(5-2)6-3/h4-7H2,1-3H3,(H,13,14,16). The molecule has 1 heterocycles. The van der Waals surface area contributed by atoms with Crippen LogP contribution in [0.15, 0.2) is 4.79 Å². The minimum absolute atomic E-state index is 0.0269. The van der Waals surface area contributed by atoms with E-state index < -0.39 is 0 Å². The first kappa shape index (κ1) is 13.5. The quantitative estimate of drug-likeness (QED) is 0.839. The molecule has 90 valence electrons. The monoisotopic (exact) mass is 335 g/mol. The highest BCUT2D eigenvalue weighted by molar-refractivity contribution is 14.1. The Morgan fingerprint density at radius 2 is 1.94 bits per heavy atom. The van der Waals surface area contributed by atoms with E-state index in [0.29, 0.717) is 5.95 Å². The molecule has 0 saturated heterocycles. The van der Waals surface area contributed by atoms with E-state index >= 15 is 0 Å². The highest BCUT2D eigenvalue weighted by Gasteiger charge is 2.11. The number of H-pyrrole nitrogens is 1. The minimum atomic E-state index is -0.0269. The number of rotatable bonds is 5. The smallest absolute Gasteiger partial charge is 0.265 e. The van der Waals surface area contributed by atoms with Gasteiger partial charge in [-0.25, -0.2) is 4.98 Å². The predicted octanol–water partition coefficient (Wildman–Crippen LogP) is 2.17. The first-order valence-corrected chi connectivity index (χ1v) is 6.75. The van der Waals surface area contributed by atoms with E-state index in [2.05, 4.69) is 58.2 Å². The maximum absolute atomic E-state index is 11.7. The van der Waals surface area contributed by atoms with Gasteiger partial charge in [0.2, 0.25) is 5.95 Å². The van der Waals surface area contributed by atoms with Gasteiger partial charge in [-0.2, -0.15) is 0 Å². The molecule has 0 radical (unpaired) electrons. The molecule has 0 spiro atoms. The maximum atomic E-state index is 11.7. The van der Waals surface area contributed by atoms with E-state index in [-0.39, 0.29) is 5.56 Å². The van der Waals surface area contributed by atoms with Crippen LogP contribution in [0.1, 0.15) is 32.9 Å². The Morgan fingerprint density at radius 1 is 1.31 bits per heavy atom. The van der Waals surface area contributed by atoms with Crippen LogP contribution in [0.25, 0.3) is 0 Å². The zero-order valence-electron chi connectivity index (χ0n) is 10.0. The van der Waals surface area contributed by atoms with Crippen molar-refractivity contribution in [3.05, 3.63) is 19.6 Å². The molecule has 1 N–H and O–H groups in total. The maximum Gasteiger partial charge on any atom is 0.265 e. The predicted molar refractivity (Wildman–Crippen MR) is 75.1 cm³/mol. The molecule has 0 atom stereocenters. The second kappa shape index (κ2) is 6.22. The molecule has 0 amide bonds. The zero-order chi connectivity index (χ0) is 12.1. The van der Waals surface area contributed by atoms with Crippen LogP contribution >= 0.6 is 22.6 Å². The average Bonchev–Trinajstić information content (AvgIpc) is 2.27. The van der Waals surface area contributed by atoms with Gasteiger partial charge < -0.3 is 4.90 Å². The van der Waals surface area contributed by atoms with Crippen molar-refractivity contribution in [1.82, 2.24) is 9.97 Å². The Kier molecular flexibility index (Phi) is 5.24. The molecule has 1 aromatic heterocycles. The van der Waals surface area contributed by atoms with Crippen LogP contribution in [0.3, 0.4) is 0 Å². The number of aryl methyl sites for hydroxylation is 1. The van der Waals surface area contributed by atoms with E-state index in [1.165, 1.54) is 0 Å². The molecule has 4 nitrogen and oxygen atoms in total. The summed E-state index contributed by atoms with van der Waals surface area (Å²) in [5.41, 5.74) is 0.884. The molecular weight excluding hydrogens is 317 g/mol. The lowest BCUT2D eigenvalue weighted by molar-refractivity contribution is 0.786. The summed E-state index contributed by atoms with van der Waals surface area (Å²) >= 11 is 2.07. The van der Waals surface area contributed by atoms with E-state index in [0.717, 1.165) is 35.2 Å². The number of anilines is 1. The van der Waals surface area contributed by atoms with Crippen LogP contribution in [0.4, 0.5) is 5.95 Å². The Balaban J connectivity index is 3.17. The Hall–Kier alpha value is -0.590. The summed E-state index contributed by atoms with van der Waals surface area (Å²) in [7, 11) is 0. The van der Waals surface area contributed by atoms with Crippen molar-refractivity contribution in [1.29, 1.82) is 0 Å². The first-order chi connectivity index (χ1) is 7.63. The van der Waals surface area contributed by atoms with Crippen molar-refractivity contribution in [2.45, 2.75) is 33.6 Å². The molecule has 1 aromatic rings. The molecule has 5 heteroatoms. The number of nitrogens with zero attached hydrogens (tertiary/aromatic N) is 2. The summed E-state index contributed by atoms with van der Waals surface area (Å²) in [5, 5.41) is 0. The lowest BCUT2D eigenvalue weighted by Gasteiger charge is -2.19. The number of aromatic nitrogens is 2. The highest BCUT2D eigenvalue weighted by Crippen LogP contribution is 2.11. The van der Waals surface area contributed by atoms with Crippen LogP contribution in [0.2, 0.25) is 0 Å². The first-order valence-electron chi connectivity index (χ1n) is 5.67. The molecule has 0 bridgehead atoms. The third-order valence-corrected chi connectivity index (χ3v) is 3.58. The molecule has 1 rings (SSSR count). The van der Waals surface area contributed by atoms with Gasteiger partial charge in [-0.05, 0) is 42.9 Å². The van der Waals surface area contributed by atoms with Crippen molar-refractivity contribution in [2.75, 3.05) is 18.0 Å². The van der Waals surface area contributed by atoms with Crippen LogP contribution in [0, 0.1) is 3.57 Å². The van der Waals surface area contributed by atoms with Crippen molar-refractivity contribution in [3.63, 3.8) is 0 Å². The van der Waals surface area contributed by atoms with E-state index in [1.807, 2.05) is 0 Å². The van der Waals surface area contributed by atoms with Gasteiger partial charge in [0.05, 0.1) is 9.26 Å². The van der Waals surface area contributed by atoms with Crippen molar-refractivity contribution in [3.8, 4) is 0 Å². The van der Waals surface area contributed by atoms with E-state index in [1.54, 1.807) is 0 Å². The number of nitrogens with one attached hydrogen (secondary N) is 1. The van der Waals surface area contributed by atoms with Crippen molar-refractivity contribution < 1.29 is 0 Å². The van der Waals surface area contributed by atoms with Crippen LogP contribution in [0.5, 0.6) is 0 Å². The largest absolute Gasteiger partial charge is 0.343 e. The fourth-order valence-corrected chi connectivity index (χ4v) is 2.09. The molecule has 0 aliphatic carbocycles. The summed E-state index contributed by atoms with van der Waals surface area (Å²) in [4.78, 5) is 21.2. The molecule has 0 aliphatic rings. The summed E-state index contributed by atoms with van der Waals surface area (Å²) in [6.45, 7) is 7.91. The number of halogens is 1. The van der Waals surface area contributed by atoms with Gasteiger partial charge in [0.1, 0.15) is 0 Å². The molecule has 0 aliphatic heterocycles. The van der Waals surface area contributed by atoms with Crippen LogP contribution in [-0.4, -0.2) is 23.1 Å². The Morgan fingerprint density at radius 3 is 2.44 bits per heavy atom. The van der Waals surface area contributed by atoms with Crippen molar-refractivity contribution >= 4 is 28.5 Å². The van der Waals surface area contributed by atoms with Gasteiger partial charge in [-0.1, -0.05) is 13.3 Å². The SMILES string of the molecule is CCCc1nc(N(CC)CC)[nH]c(=O)c1I. The molecule has 0 saturated carbocycles. The second-order valence-electron chi connectivity index (χ2n) is 3.57. The fourth-order valence-electron chi connectivity index (χ4n) is 1.57. The molecular formula is C11H18IN3O. The van der Waals surface area contributed by atoms with E-state index in [9.17, 15) is 4.79 Å². The van der Waals surface area contributed by atoms with Crippen molar-refractivity contribution in [2.24, 2.45) is 0 Å². The molecule has 0 fully saturated rings. The molecule has 16 heavy (non-hydrogen) atoms. The van der Waals surface area contributed by atoms with Crippen LogP contribution in [-0.2, 0) is 6.42 Å². The van der Waals surface area contributed by atoms with Gasteiger partial charge in [0.15, 0.2) is 0 Å². The summed E-state index contributed by atoms with van der Waals surface area (Å²) in [5.74, 6) is 0.693. The normalized spacial score (nSPS) is 10.5. The van der Waals surface area contributed by atoms with Gasteiger partial charge in [-0.15, -0.1) is 0 Å². The number of aromatic amines is 1. The van der Waals surface area contributed by atoms with Gasteiger partial charge in [0.25, 0.3) is 5.56 Å². The summed E-state index contributed by atoms with van der Waals surface area (Å²) in [6.07, 6.45) is 1.86. The second-order valence-corrected chi connectivity index (χ2v) is 4.65. The highest BCUT2D eigenvalue weighted by atomic mass is 127. The average molecular weight is 335 g/mol. The topological polar surface area (TPSA) is 49.0 Å². The third-order valence-electron chi connectivity index (χ3n) is 2.47. The Bertz CT molecular complexity index is 399. The summed E-state index contributed by atoms with van der Waals surface area (Å²) < 4.78 is 0.718. The lowest BCUT2D eigenvalue weighted by Crippen LogP contribution is -2.28. The molecule has 0 aromatic carbocycles. The summed E-state index contributed by atoms with van der Waals surface area (Å²) in [6, 6.07) is 0. The lowest BCUT2D eigenvalue weighted by atomic mass is 10.2. The minimum Gasteiger partial charge on any atom is -0.343 e. The Labute approximate surface area is 110 Å².